The van der Waals surface area contributed by atoms with E-state index in [0.29, 0.717) is 5.69 Å². The van der Waals surface area contributed by atoms with Gasteiger partial charge in [-0.2, -0.15) is 5.10 Å². The van der Waals surface area contributed by atoms with Crippen molar-refractivity contribution in [2.24, 2.45) is 14.1 Å². The predicted octanol–water partition coefficient (Wildman–Crippen LogP) is 0.463. The van der Waals surface area contributed by atoms with Crippen LogP contribution in [0.4, 0.5) is 0 Å². The number of allylic oxidation sites excluding steroid dienone is 1. The van der Waals surface area contributed by atoms with Crippen molar-refractivity contribution in [3.05, 3.63) is 50.4 Å². The molecule has 0 radical (unpaired) electrons. The van der Waals surface area contributed by atoms with Crippen LogP contribution in [0.5, 0.6) is 5.88 Å². The highest BCUT2D eigenvalue weighted by Crippen LogP contribution is 2.13. The average Bonchev–Trinajstić information content (AvgIpc) is 2.98. The third kappa shape index (κ3) is 2.87. The van der Waals surface area contributed by atoms with E-state index in [1.807, 2.05) is 13.8 Å². The van der Waals surface area contributed by atoms with Gasteiger partial charge in [-0.25, -0.2) is 4.79 Å². The Labute approximate surface area is 131 Å². The van der Waals surface area contributed by atoms with Gasteiger partial charge in [-0.3, -0.25) is 23.4 Å². The summed E-state index contributed by atoms with van der Waals surface area (Å²) in [7, 11) is 2.53. The number of carbonyl (C=O) groups is 1. The lowest BCUT2D eigenvalue weighted by Gasteiger charge is -2.09. The van der Waals surface area contributed by atoms with Crippen LogP contribution in [-0.4, -0.2) is 29.8 Å². The Bertz CT molecular complexity index is 899. The number of nitrogens with zero attached hydrogens (tertiary/aromatic N) is 4. The van der Waals surface area contributed by atoms with E-state index in [2.05, 4.69) is 5.10 Å². The molecule has 0 atom stereocenters. The molecule has 8 heteroatoms. The minimum absolute atomic E-state index is 0.110. The monoisotopic (exact) mass is 318 g/mol. The van der Waals surface area contributed by atoms with Gasteiger partial charge in [0.05, 0.1) is 5.69 Å². The first-order valence-electron chi connectivity index (χ1n) is 7.00. The topological polar surface area (TPSA) is 99.1 Å². The molecule has 2 aromatic heterocycles. The molecule has 122 valence electrons. The van der Waals surface area contributed by atoms with E-state index in [0.717, 1.165) is 9.13 Å². The van der Waals surface area contributed by atoms with E-state index in [1.165, 1.54) is 26.2 Å². The molecule has 0 aromatic carbocycles. The molecule has 0 unspecified atom stereocenters. The summed E-state index contributed by atoms with van der Waals surface area (Å²) in [5.41, 5.74) is -1.29. The summed E-state index contributed by atoms with van der Waals surface area (Å²) in [5, 5.41) is 14.1. The molecule has 2 aromatic rings. The van der Waals surface area contributed by atoms with Crippen molar-refractivity contribution in [2.45, 2.75) is 19.9 Å². The first kappa shape index (κ1) is 16.5. The molecule has 0 saturated heterocycles. The van der Waals surface area contributed by atoms with Crippen LogP contribution in [0.3, 0.4) is 0 Å². The summed E-state index contributed by atoms with van der Waals surface area (Å²) in [4.78, 5) is 36.0. The highest BCUT2D eigenvalue weighted by Gasteiger charge is 2.19. The van der Waals surface area contributed by atoms with Gasteiger partial charge >= 0.3 is 5.69 Å². The molecule has 8 nitrogen and oxygen atoms in total. The summed E-state index contributed by atoms with van der Waals surface area (Å²) >= 11 is 0. The van der Waals surface area contributed by atoms with Crippen molar-refractivity contribution < 1.29 is 9.90 Å². The molecule has 0 amide bonds. The Hall–Kier alpha value is -2.90. The van der Waals surface area contributed by atoms with Gasteiger partial charge in [-0.1, -0.05) is 0 Å². The summed E-state index contributed by atoms with van der Waals surface area (Å²) in [6.45, 7) is 3.89. The number of hydrogen-bond acceptors (Lipinski definition) is 5. The van der Waals surface area contributed by atoms with E-state index in [1.54, 1.807) is 16.9 Å². The van der Waals surface area contributed by atoms with Crippen molar-refractivity contribution in [3.8, 4) is 5.88 Å². The Morgan fingerprint density at radius 3 is 2.52 bits per heavy atom. The molecule has 0 spiro atoms. The second kappa shape index (κ2) is 6.07. The van der Waals surface area contributed by atoms with Crippen molar-refractivity contribution in [1.82, 2.24) is 18.9 Å². The molecular weight excluding hydrogens is 300 g/mol. The maximum Gasteiger partial charge on any atom is 0.333 e. The van der Waals surface area contributed by atoms with Gasteiger partial charge in [0.2, 0.25) is 5.88 Å². The standard InChI is InChI=1S/C15H18N4O4/c1-9(2)19-10(7-8-16-19)5-6-11(20)12-13(21)17(3)15(23)18(4)14(12)22/h5-9,21H,1-4H3/b6-5+. The molecular formula is C15H18N4O4. The second-order valence-corrected chi connectivity index (χ2v) is 5.40. The summed E-state index contributed by atoms with van der Waals surface area (Å²) in [5.74, 6) is -1.33. The van der Waals surface area contributed by atoms with Gasteiger partial charge in [0, 0.05) is 26.3 Å². The number of aromatic hydroxyl groups is 1. The zero-order chi connectivity index (χ0) is 17.3. The van der Waals surface area contributed by atoms with Crippen LogP contribution in [-0.2, 0) is 14.1 Å². The number of ketones is 1. The third-order valence-electron chi connectivity index (χ3n) is 3.48. The fraction of sp³-hybridized carbons (Fsp3) is 0.333. The fourth-order valence-electron chi connectivity index (χ4n) is 2.18. The van der Waals surface area contributed by atoms with E-state index < -0.39 is 28.5 Å². The molecule has 0 fully saturated rings. The van der Waals surface area contributed by atoms with Crippen LogP contribution >= 0.6 is 0 Å². The van der Waals surface area contributed by atoms with Crippen molar-refractivity contribution >= 4 is 11.9 Å². The van der Waals surface area contributed by atoms with Crippen LogP contribution < -0.4 is 11.2 Å². The molecule has 0 aliphatic rings. The van der Waals surface area contributed by atoms with Crippen molar-refractivity contribution in [2.75, 3.05) is 0 Å². The van der Waals surface area contributed by atoms with Gasteiger partial charge in [0.15, 0.2) is 5.78 Å². The molecule has 0 aliphatic heterocycles. The molecule has 23 heavy (non-hydrogen) atoms. The first-order chi connectivity index (χ1) is 10.8. The summed E-state index contributed by atoms with van der Waals surface area (Å²) < 4.78 is 3.34. The number of carbonyl (C=O) groups excluding carboxylic acids is 1. The number of aromatic nitrogens is 4. The second-order valence-electron chi connectivity index (χ2n) is 5.40. The molecule has 1 N–H and O–H groups in total. The quantitative estimate of drug-likeness (QED) is 0.652. The summed E-state index contributed by atoms with van der Waals surface area (Å²) in [6.07, 6.45) is 4.29. The number of hydrogen-bond donors (Lipinski definition) is 1. The van der Waals surface area contributed by atoms with Gasteiger partial charge in [0.25, 0.3) is 5.56 Å². The van der Waals surface area contributed by atoms with Gasteiger partial charge in [0.1, 0.15) is 5.56 Å². The maximum atomic E-state index is 12.3. The van der Waals surface area contributed by atoms with Crippen molar-refractivity contribution in [3.63, 3.8) is 0 Å². The van der Waals surface area contributed by atoms with Crippen LogP contribution in [0.15, 0.2) is 27.9 Å². The minimum Gasteiger partial charge on any atom is -0.494 e. The SMILES string of the molecule is CC(C)n1nccc1/C=C/C(=O)c1c(O)n(C)c(=O)n(C)c1=O. The fourth-order valence-corrected chi connectivity index (χ4v) is 2.18. The van der Waals surface area contributed by atoms with Crippen LogP contribution in [0, 0.1) is 0 Å². The average molecular weight is 318 g/mol. The minimum atomic E-state index is -0.836. The number of rotatable bonds is 4. The summed E-state index contributed by atoms with van der Waals surface area (Å²) in [6, 6.07) is 1.83. The van der Waals surface area contributed by atoms with Crippen LogP contribution in [0.1, 0.15) is 35.9 Å². The maximum absolute atomic E-state index is 12.3. The lowest BCUT2D eigenvalue weighted by molar-refractivity contribution is 0.104. The molecule has 0 aliphatic carbocycles. The first-order valence-corrected chi connectivity index (χ1v) is 7.00. The zero-order valence-electron chi connectivity index (χ0n) is 13.3. The van der Waals surface area contributed by atoms with Crippen LogP contribution in [0.2, 0.25) is 0 Å². The highest BCUT2D eigenvalue weighted by molar-refractivity contribution is 6.07. The lowest BCUT2D eigenvalue weighted by atomic mass is 10.1. The smallest absolute Gasteiger partial charge is 0.333 e. The van der Waals surface area contributed by atoms with Gasteiger partial charge in [-0.15, -0.1) is 0 Å². The normalized spacial score (nSPS) is 11.5. The van der Waals surface area contributed by atoms with E-state index in [9.17, 15) is 19.5 Å². The Morgan fingerprint density at radius 1 is 1.26 bits per heavy atom. The van der Waals surface area contributed by atoms with Crippen molar-refractivity contribution in [1.29, 1.82) is 0 Å². The lowest BCUT2D eigenvalue weighted by Crippen LogP contribution is -2.39. The Balaban J connectivity index is 2.47. The highest BCUT2D eigenvalue weighted by atomic mass is 16.3. The zero-order valence-corrected chi connectivity index (χ0v) is 13.3. The van der Waals surface area contributed by atoms with E-state index in [4.69, 9.17) is 0 Å². The molecule has 2 rings (SSSR count). The third-order valence-corrected chi connectivity index (χ3v) is 3.48. The predicted molar refractivity (Wildman–Crippen MR) is 84.6 cm³/mol. The molecule has 2 heterocycles. The van der Waals surface area contributed by atoms with E-state index in [-0.39, 0.29) is 6.04 Å². The van der Waals surface area contributed by atoms with E-state index >= 15 is 0 Å². The van der Waals surface area contributed by atoms with Crippen LogP contribution in [0.25, 0.3) is 6.08 Å². The van der Waals surface area contributed by atoms with Gasteiger partial charge < -0.3 is 5.11 Å². The molecule has 0 bridgehead atoms. The van der Waals surface area contributed by atoms with Gasteiger partial charge in [-0.05, 0) is 32.1 Å². The Kier molecular flexibility index (Phi) is 4.35. The largest absolute Gasteiger partial charge is 0.494 e. The Morgan fingerprint density at radius 2 is 1.91 bits per heavy atom. The molecule has 0 saturated carbocycles.